The van der Waals surface area contributed by atoms with Crippen LogP contribution in [-0.4, -0.2) is 37.0 Å². The SMILES string of the molecule is O=C(OC(CS(=O)(=O)O)C(F)(F)F)c1cccc2ccccc12. The van der Waals surface area contributed by atoms with Gasteiger partial charge in [-0.15, -0.1) is 0 Å². The number of carbonyl (C=O) groups is 1. The Kier molecular flexibility index (Phi) is 4.62. The molecule has 0 aliphatic carbocycles. The number of halogens is 3. The molecule has 0 saturated heterocycles. The summed E-state index contributed by atoms with van der Waals surface area (Å²) in [6, 6.07) is 10.9. The van der Waals surface area contributed by atoms with Gasteiger partial charge in [-0.05, 0) is 16.8 Å². The fraction of sp³-hybridized carbons (Fsp3) is 0.214. The van der Waals surface area contributed by atoms with Crippen molar-refractivity contribution in [2.45, 2.75) is 12.3 Å². The van der Waals surface area contributed by atoms with Gasteiger partial charge in [-0.3, -0.25) is 4.55 Å². The number of ether oxygens (including phenoxy) is 1. The van der Waals surface area contributed by atoms with Crippen molar-refractivity contribution in [1.82, 2.24) is 0 Å². The molecule has 1 atom stereocenters. The van der Waals surface area contributed by atoms with Crippen LogP contribution in [0.1, 0.15) is 10.4 Å². The summed E-state index contributed by atoms with van der Waals surface area (Å²) in [6.07, 6.45) is -8.08. The van der Waals surface area contributed by atoms with Gasteiger partial charge in [0, 0.05) is 0 Å². The molecule has 1 unspecified atom stereocenters. The highest BCUT2D eigenvalue weighted by Crippen LogP contribution is 2.26. The first-order chi connectivity index (χ1) is 10.6. The Balaban J connectivity index is 2.34. The van der Waals surface area contributed by atoms with E-state index in [-0.39, 0.29) is 5.56 Å². The van der Waals surface area contributed by atoms with Gasteiger partial charge in [0.1, 0.15) is 5.75 Å². The largest absolute Gasteiger partial charge is 0.448 e. The second kappa shape index (κ2) is 6.17. The molecule has 1 N–H and O–H groups in total. The van der Waals surface area contributed by atoms with Crippen molar-refractivity contribution in [3.05, 3.63) is 48.0 Å². The quantitative estimate of drug-likeness (QED) is 0.679. The summed E-state index contributed by atoms with van der Waals surface area (Å²) in [5.41, 5.74) is -0.132. The molecule has 2 rings (SSSR count). The molecule has 9 heteroatoms. The molecule has 2 aromatic carbocycles. The number of carbonyl (C=O) groups excluding carboxylic acids is 1. The molecule has 0 aromatic heterocycles. The summed E-state index contributed by atoms with van der Waals surface area (Å²) in [6.45, 7) is 0. The van der Waals surface area contributed by atoms with Crippen LogP contribution in [0.15, 0.2) is 42.5 Å². The van der Waals surface area contributed by atoms with Crippen molar-refractivity contribution in [3.63, 3.8) is 0 Å². The number of hydrogen-bond acceptors (Lipinski definition) is 4. The summed E-state index contributed by atoms with van der Waals surface area (Å²) in [5.74, 6) is -3.08. The Morgan fingerprint density at radius 3 is 2.35 bits per heavy atom. The fourth-order valence-electron chi connectivity index (χ4n) is 1.98. The molecule has 124 valence electrons. The van der Waals surface area contributed by atoms with E-state index in [1.807, 2.05) is 0 Å². The third kappa shape index (κ3) is 4.42. The Hall–Kier alpha value is -2.13. The molecule has 0 spiro atoms. The van der Waals surface area contributed by atoms with Crippen molar-refractivity contribution in [2.75, 3.05) is 5.75 Å². The third-order valence-electron chi connectivity index (χ3n) is 2.99. The van der Waals surface area contributed by atoms with E-state index in [9.17, 15) is 26.4 Å². The first-order valence-electron chi connectivity index (χ1n) is 6.28. The minimum atomic E-state index is -5.13. The fourth-order valence-corrected chi connectivity index (χ4v) is 2.62. The lowest BCUT2D eigenvalue weighted by Crippen LogP contribution is -2.39. The van der Waals surface area contributed by atoms with Crippen molar-refractivity contribution >= 4 is 26.9 Å². The maximum absolute atomic E-state index is 12.8. The van der Waals surface area contributed by atoms with Crippen LogP contribution in [0.4, 0.5) is 13.2 Å². The van der Waals surface area contributed by atoms with Crippen LogP contribution in [0.3, 0.4) is 0 Å². The molecular formula is C14H11F3O5S. The van der Waals surface area contributed by atoms with Gasteiger partial charge >= 0.3 is 12.1 Å². The molecule has 0 heterocycles. The van der Waals surface area contributed by atoms with Gasteiger partial charge in [-0.25, -0.2) is 4.79 Å². The van der Waals surface area contributed by atoms with Crippen LogP contribution in [0.5, 0.6) is 0 Å². The van der Waals surface area contributed by atoms with Crippen molar-refractivity contribution in [1.29, 1.82) is 0 Å². The van der Waals surface area contributed by atoms with Crippen molar-refractivity contribution < 1.29 is 35.7 Å². The molecule has 0 aliphatic heterocycles. The predicted molar refractivity (Wildman–Crippen MR) is 75.6 cm³/mol. The second-order valence-corrected chi connectivity index (χ2v) is 6.21. The van der Waals surface area contributed by atoms with Gasteiger partial charge in [0.2, 0.25) is 6.10 Å². The van der Waals surface area contributed by atoms with Crippen LogP contribution in [0.2, 0.25) is 0 Å². The minimum absolute atomic E-state index is 0.132. The molecule has 0 aliphatic rings. The van der Waals surface area contributed by atoms with E-state index in [0.29, 0.717) is 10.8 Å². The number of alkyl halides is 3. The van der Waals surface area contributed by atoms with E-state index in [1.165, 1.54) is 18.2 Å². The van der Waals surface area contributed by atoms with Crippen LogP contribution in [0.25, 0.3) is 10.8 Å². The maximum Gasteiger partial charge on any atom is 0.426 e. The van der Waals surface area contributed by atoms with E-state index in [1.54, 1.807) is 24.3 Å². The Bertz CT molecular complexity index is 824. The lowest BCUT2D eigenvalue weighted by molar-refractivity contribution is -0.197. The Morgan fingerprint density at radius 1 is 1.13 bits per heavy atom. The highest BCUT2D eigenvalue weighted by atomic mass is 32.2. The highest BCUT2D eigenvalue weighted by molar-refractivity contribution is 7.85. The first-order valence-corrected chi connectivity index (χ1v) is 7.89. The van der Waals surface area contributed by atoms with Gasteiger partial charge in [0.05, 0.1) is 5.56 Å². The standard InChI is InChI=1S/C14H11F3O5S/c15-14(16,17)12(8-23(19,20)21)22-13(18)11-7-3-5-9-4-1-2-6-10(9)11/h1-7,12H,8H2,(H,19,20,21). The normalized spacial score (nSPS) is 13.7. The molecule has 5 nitrogen and oxygen atoms in total. The summed E-state index contributed by atoms with van der Waals surface area (Å²) in [7, 11) is -4.97. The minimum Gasteiger partial charge on any atom is -0.448 e. The number of hydrogen-bond donors (Lipinski definition) is 1. The molecule has 23 heavy (non-hydrogen) atoms. The van der Waals surface area contributed by atoms with Crippen LogP contribution in [0, 0.1) is 0 Å². The summed E-state index contributed by atoms with van der Waals surface area (Å²) >= 11 is 0. The van der Waals surface area contributed by atoms with Crippen LogP contribution in [-0.2, 0) is 14.9 Å². The zero-order chi connectivity index (χ0) is 17.3. The van der Waals surface area contributed by atoms with E-state index < -0.39 is 34.1 Å². The van der Waals surface area contributed by atoms with E-state index in [4.69, 9.17) is 4.55 Å². The summed E-state index contributed by atoms with van der Waals surface area (Å²) in [4.78, 5) is 12.0. The Morgan fingerprint density at radius 2 is 1.74 bits per heavy atom. The molecular weight excluding hydrogens is 337 g/mol. The number of esters is 1. The van der Waals surface area contributed by atoms with Gasteiger partial charge in [0.15, 0.2) is 0 Å². The molecule has 0 amide bonds. The molecule has 0 radical (unpaired) electrons. The van der Waals surface area contributed by atoms with E-state index in [0.717, 1.165) is 0 Å². The third-order valence-corrected chi connectivity index (χ3v) is 3.71. The van der Waals surface area contributed by atoms with Gasteiger partial charge in [-0.2, -0.15) is 21.6 Å². The number of fused-ring (bicyclic) bond motifs is 1. The highest BCUT2D eigenvalue weighted by Gasteiger charge is 2.45. The average Bonchev–Trinajstić information content (AvgIpc) is 2.43. The van der Waals surface area contributed by atoms with Crippen LogP contribution >= 0.6 is 0 Å². The van der Waals surface area contributed by atoms with Gasteiger partial charge in [0.25, 0.3) is 10.1 Å². The molecule has 0 fully saturated rings. The Labute approximate surface area is 129 Å². The zero-order valence-corrected chi connectivity index (χ0v) is 12.3. The first kappa shape index (κ1) is 17.2. The van der Waals surface area contributed by atoms with E-state index in [2.05, 4.69) is 4.74 Å². The molecule has 0 saturated carbocycles. The summed E-state index contributed by atoms with van der Waals surface area (Å²) in [5, 5.41) is 0.980. The second-order valence-electron chi connectivity index (χ2n) is 4.71. The predicted octanol–water partition coefficient (Wildman–Crippen LogP) is 2.82. The molecule has 0 bridgehead atoms. The smallest absolute Gasteiger partial charge is 0.426 e. The van der Waals surface area contributed by atoms with Gasteiger partial charge < -0.3 is 4.74 Å². The van der Waals surface area contributed by atoms with Crippen molar-refractivity contribution in [3.8, 4) is 0 Å². The lowest BCUT2D eigenvalue weighted by Gasteiger charge is -2.19. The summed E-state index contributed by atoms with van der Waals surface area (Å²) < 4.78 is 72.6. The lowest BCUT2D eigenvalue weighted by atomic mass is 10.0. The van der Waals surface area contributed by atoms with Gasteiger partial charge in [-0.1, -0.05) is 36.4 Å². The van der Waals surface area contributed by atoms with E-state index >= 15 is 0 Å². The number of benzene rings is 2. The monoisotopic (exact) mass is 348 g/mol. The van der Waals surface area contributed by atoms with Crippen molar-refractivity contribution in [2.24, 2.45) is 0 Å². The topological polar surface area (TPSA) is 80.7 Å². The average molecular weight is 348 g/mol. The molecule has 2 aromatic rings. The number of rotatable bonds is 4. The zero-order valence-electron chi connectivity index (χ0n) is 11.4. The van der Waals surface area contributed by atoms with Crippen LogP contribution < -0.4 is 0 Å². The maximum atomic E-state index is 12.8.